The first-order valence-electron chi connectivity index (χ1n) is 5.50. The number of anilines is 3. The van der Waals surface area contributed by atoms with E-state index in [2.05, 4.69) is 30.4 Å². The van der Waals surface area contributed by atoms with Crippen LogP contribution in [-0.2, 0) is 6.42 Å². The fraction of sp³-hybridized carbons (Fsp3) is 0.143. The Balaban J connectivity index is 2.23. The van der Waals surface area contributed by atoms with Crippen LogP contribution in [-0.4, -0.2) is 0 Å². The number of nitrogens with one attached hydrogen (secondary N) is 1. The van der Waals surface area contributed by atoms with Gasteiger partial charge in [0.15, 0.2) is 0 Å². The molecule has 82 valence electrons. The van der Waals surface area contributed by atoms with Crippen LogP contribution in [0.2, 0.25) is 0 Å². The van der Waals surface area contributed by atoms with Gasteiger partial charge in [0, 0.05) is 17.1 Å². The highest BCUT2D eigenvalue weighted by Crippen LogP contribution is 2.21. The molecule has 0 aromatic heterocycles. The van der Waals surface area contributed by atoms with Crippen LogP contribution >= 0.6 is 0 Å². The van der Waals surface area contributed by atoms with E-state index in [0.29, 0.717) is 0 Å². The maximum Gasteiger partial charge on any atom is 0.0416 e. The number of nitrogen functional groups attached to an aromatic ring is 1. The Hall–Kier alpha value is -1.96. The van der Waals surface area contributed by atoms with Crippen LogP contribution in [0.15, 0.2) is 48.5 Å². The molecule has 0 aliphatic rings. The molecule has 2 aromatic carbocycles. The van der Waals surface area contributed by atoms with Crippen LogP contribution < -0.4 is 11.1 Å². The fourth-order valence-electron chi connectivity index (χ4n) is 1.67. The Labute approximate surface area is 96.1 Å². The number of para-hydroxylation sites is 1. The van der Waals surface area contributed by atoms with Crippen molar-refractivity contribution in [2.45, 2.75) is 13.3 Å². The van der Waals surface area contributed by atoms with Crippen LogP contribution in [0.5, 0.6) is 0 Å². The number of aryl methyl sites for hydroxylation is 1. The Morgan fingerprint density at radius 2 is 1.69 bits per heavy atom. The molecule has 2 aromatic rings. The van der Waals surface area contributed by atoms with Crippen LogP contribution in [0, 0.1) is 0 Å². The van der Waals surface area contributed by atoms with Gasteiger partial charge in [0.25, 0.3) is 0 Å². The highest BCUT2D eigenvalue weighted by Gasteiger charge is 1.99. The van der Waals surface area contributed by atoms with E-state index in [-0.39, 0.29) is 0 Å². The van der Waals surface area contributed by atoms with Crippen LogP contribution in [0.4, 0.5) is 17.1 Å². The lowest BCUT2D eigenvalue weighted by molar-refractivity contribution is 1.14. The molecule has 0 aliphatic heterocycles. The summed E-state index contributed by atoms with van der Waals surface area (Å²) in [4.78, 5) is 0. The second-order valence-corrected chi connectivity index (χ2v) is 3.76. The summed E-state index contributed by atoms with van der Waals surface area (Å²) >= 11 is 0. The van der Waals surface area contributed by atoms with Gasteiger partial charge in [-0.3, -0.25) is 0 Å². The second kappa shape index (κ2) is 4.71. The molecule has 0 atom stereocenters. The van der Waals surface area contributed by atoms with Gasteiger partial charge in [0.05, 0.1) is 0 Å². The van der Waals surface area contributed by atoms with Crippen molar-refractivity contribution in [1.82, 2.24) is 0 Å². The van der Waals surface area contributed by atoms with Gasteiger partial charge in [0.1, 0.15) is 0 Å². The predicted octanol–water partition coefficient (Wildman–Crippen LogP) is 3.57. The topological polar surface area (TPSA) is 38.0 Å². The SMILES string of the molecule is CCc1ccccc1Nc1ccc(N)cc1. The van der Waals surface area contributed by atoms with Crippen molar-refractivity contribution < 1.29 is 0 Å². The summed E-state index contributed by atoms with van der Waals surface area (Å²) in [6, 6.07) is 16.1. The van der Waals surface area contributed by atoms with Gasteiger partial charge in [-0.25, -0.2) is 0 Å². The minimum absolute atomic E-state index is 0.786. The summed E-state index contributed by atoms with van der Waals surface area (Å²) in [5.41, 5.74) is 9.98. The van der Waals surface area contributed by atoms with E-state index < -0.39 is 0 Å². The van der Waals surface area contributed by atoms with Gasteiger partial charge in [-0.2, -0.15) is 0 Å². The molecule has 0 aliphatic carbocycles. The molecule has 0 bridgehead atoms. The van der Waals surface area contributed by atoms with Gasteiger partial charge in [0.2, 0.25) is 0 Å². The Morgan fingerprint density at radius 3 is 2.38 bits per heavy atom. The molecule has 0 saturated heterocycles. The Kier molecular flexibility index (Phi) is 3.10. The molecule has 3 N–H and O–H groups in total. The lowest BCUT2D eigenvalue weighted by Gasteiger charge is -2.10. The summed E-state index contributed by atoms with van der Waals surface area (Å²) in [6.07, 6.45) is 1.03. The normalized spacial score (nSPS) is 10.1. The molecule has 2 rings (SSSR count). The molecule has 0 spiro atoms. The van der Waals surface area contributed by atoms with Crippen molar-refractivity contribution in [3.8, 4) is 0 Å². The van der Waals surface area contributed by atoms with Gasteiger partial charge in [-0.1, -0.05) is 25.1 Å². The molecule has 0 unspecified atom stereocenters. The minimum atomic E-state index is 0.786. The summed E-state index contributed by atoms with van der Waals surface area (Å²) in [5.74, 6) is 0. The number of nitrogens with two attached hydrogens (primary N) is 1. The third-order valence-corrected chi connectivity index (χ3v) is 2.59. The number of benzene rings is 2. The maximum atomic E-state index is 5.65. The van der Waals surface area contributed by atoms with E-state index in [9.17, 15) is 0 Å². The van der Waals surface area contributed by atoms with E-state index >= 15 is 0 Å². The van der Waals surface area contributed by atoms with Gasteiger partial charge >= 0.3 is 0 Å². The molecular weight excluding hydrogens is 196 g/mol. The van der Waals surface area contributed by atoms with Gasteiger partial charge < -0.3 is 11.1 Å². The van der Waals surface area contributed by atoms with Gasteiger partial charge in [-0.15, -0.1) is 0 Å². The monoisotopic (exact) mass is 212 g/mol. The molecule has 0 amide bonds. The highest BCUT2D eigenvalue weighted by molar-refractivity contribution is 5.64. The Bertz CT molecular complexity index is 460. The van der Waals surface area contributed by atoms with Crippen LogP contribution in [0.3, 0.4) is 0 Å². The molecular formula is C14H16N2. The minimum Gasteiger partial charge on any atom is -0.399 e. The number of hydrogen-bond donors (Lipinski definition) is 2. The van der Waals surface area contributed by atoms with Gasteiger partial charge in [-0.05, 0) is 42.3 Å². The van der Waals surface area contributed by atoms with E-state index in [0.717, 1.165) is 23.5 Å². The summed E-state index contributed by atoms with van der Waals surface area (Å²) in [7, 11) is 0. The zero-order valence-electron chi connectivity index (χ0n) is 9.40. The maximum absolute atomic E-state index is 5.65. The number of rotatable bonds is 3. The van der Waals surface area contributed by atoms with E-state index in [4.69, 9.17) is 5.73 Å². The molecule has 2 heteroatoms. The number of hydrogen-bond acceptors (Lipinski definition) is 2. The third kappa shape index (κ3) is 2.34. The molecule has 0 fully saturated rings. The van der Waals surface area contributed by atoms with Crippen molar-refractivity contribution in [3.05, 3.63) is 54.1 Å². The lowest BCUT2D eigenvalue weighted by atomic mass is 10.1. The van der Waals surface area contributed by atoms with Crippen molar-refractivity contribution in [2.75, 3.05) is 11.1 Å². The summed E-state index contributed by atoms with van der Waals surface area (Å²) < 4.78 is 0. The van der Waals surface area contributed by atoms with E-state index in [1.165, 1.54) is 5.56 Å². The van der Waals surface area contributed by atoms with E-state index in [1.54, 1.807) is 0 Å². The zero-order chi connectivity index (χ0) is 11.4. The first-order chi connectivity index (χ1) is 7.79. The molecule has 0 saturated carbocycles. The quantitative estimate of drug-likeness (QED) is 0.763. The van der Waals surface area contributed by atoms with Crippen molar-refractivity contribution in [3.63, 3.8) is 0 Å². The molecule has 0 heterocycles. The summed E-state index contributed by atoms with van der Waals surface area (Å²) in [6.45, 7) is 2.16. The van der Waals surface area contributed by atoms with Crippen molar-refractivity contribution in [2.24, 2.45) is 0 Å². The smallest absolute Gasteiger partial charge is 0.0416 e. The van der Waals surface area contributed by atoms with Crippen molar-refractivity contribution in [1.29, 1.82) is 0 Å². The molecule has 2 nitrogen and oxygen atoms in total. The lowest BCUT2D eigenvalue weighted by Crippen LogP contribution is -1.95. The van der Waals surface area contributed by atoms with Crippen LogP contribution in [0.1, 0.15) is 12.5 Å². The predicted molar refractivity (Wildman–Crippen MR) is 70.0 cm³/mol. The fourth-order valence-corrected chi connectivity index (χ4v) is 1.67. The summed E-state index contributed by atoms with van der Waals surface area (Å²) in [5, 5.41) is 3.40. The molecule has 0 radical (unpaired) electrons. The standard InChI is InChI=1S/C14H16N2/c1-2-11-5-3-4-6-14(11)16-13-9-7-12(15)8-10-13/h3-10,16H,2,15H2,1H3. The van der Waals surface area contributed by atoms with Crippen LogP contribution in [0.25, 0.3) is 0 Å². The zero-order valence-corrected chi connectivity index (χ0v) is 9.40. The Morgan fingerprint density at radius 1 is 1.00 bits per heavy atom. The molecule has 16 heavy (non-hydrogen) atoms. The third-order valence-electron chi connectivity index (χ3n) is 2.59. The average molecular weight is 212 g/mol. The average Bonchev–Trinajstić information content (AvgIpc) is 2.33. The first kappa shape index (κ1) is 10.6. The van der Waals surface area contributed by atoms with Crippen molar-refractivity contribution >= 4 is 17.1 Å². The second-order valence-electron chi connectivity index (χ2n) is 3.76. The largest absolute Gasteiger partial charge is 0.399 e. The first-order valence-corrected chi connectivity index (χ1v) is 5.50. The van der Waals surface area contributed by atoms with E-state index in [1.807, 2.05) is 30.3 Å². The highest BCUT2D eigenvalue weighted by atomic mass is 14.9.